The maximum atomic E-state index is 13.0. The molecular formula is C22H26N6O. The summed E-state index contributed by atoms with van der Waals surface area (Å²) in [5.74, 6) is 1.75. The molecular weight excluding hydrogens is 364 g/mol. The van der Waals surface area contributed by atoms with E-state index in [0.717, 1.165) is 42.5 Å². The van der Waals surface area contributed by atoms with E-state index < -0.39 is 0 Å². The predicted molar refractivity (Wildman–Crippen MR) is 109 cm³/mol. The van der Waals surface area contributed by atoms with Crippen molar-refractivity contribution < 1.29 is 4.79 Å². The van der Waals surface area contributed by atoms with Crippen LogP contribution in [0.5, 0.6) is 0 Å². The maximum absolute atomic E-state index is 13.0. The Hall–Kier alpha value is -2.96. The molecule has 1 amide bonds. The van der Waals surface area contributed by atoms with Crippen molar-refractivity contribution in [1.29, 1.82) is 0 Å². The van der Waals surface area contributed by atoms with E-state index >= 15 is 0 Å². The minimum absolute atomic E-state index is 0.0470. The van der Waals surface area contributed by atoms with Gasteiger partial charge in [0.15, 0.2) is 5.82 Å². The van der Waals surface area contributed by atoms with Crippen LogP contribution in [0.4, 0.5) is 0 Å². The largest absolute Gasteiger partial charge is 0.334 e. The number of nitrogens with zero attached hydrogens (tertiary/aromatic N) is 6. The van der Waals surface area contributed by atoms with Crippen LogP contribution in [0.25, 0.3) is 11.5 Å². The quantitative estimate of drug-likeness (QED) is 0.671. The molecule has 7 nitrogen and oxygen atoms in total. The minimum Gasteiger partial charge on any atom is -0.334 e. The van der Waals surface area contributed by atoms with E-state index in [1.807, 2.05) is 11.1 Å². The van der Waals surface area contributed by atoms with Crippen LogP contribution in [0.2, 0.25) is 0 Å². The van der Waals surface area contributed by atoms with Crippen LogP contribution in [0, 0.1) is 12.8 Å². The smallest absolute Gasteiger partial charge is 0.254 e. The number of aryl methyl sites for hydroxylation is 2. The molecule has 0 spiro atoms. The summed E-state index contributed by atoms with van der Waals surface area (Å²) >= 11 is 0. The van der Waals surface area contributed by atoms with Crippen LogP contribution in [0.3, 0.4) is 0 Å². The van der Waals surface area contributed by atoms with E-state index in [1.54, 1.807) is 24.5 Å². The SMILES string of the molecule is CCn1nc(-c2ncc(C)n2CC2CC2)c2c1CCN(C(=O)c1ccncc1)C2. The number of pyridine rings is 1. The number of carbonyl (C=O) groups is 1. The second-order valence-electron chi connectivity index (χ2n) is 8.08. The summed E-state index contributed by atoms with van der Waals surface area (Å²) in [6.45, 7) is 7.34. The number of carbonyl (C=O) groups excluding carboxylic acids is 1. The molecule has 1 aliphatic carbocycles. The zero-order valence-corrected chi connectivity index (χ0v) is 17.0. The molecule has 1 saturated carbocycles. The highest BCUT2D eigenvalue weighted by Crippen LogP contribution is 2.35. The molecule has 1 fully saturated rings. The summed E-state index contributed by atoms with van der Waals surface area (Å²) in [5, 5.41) is 4.93. The van der Waals surface area contributed by atoms with Gasteiger partial charge in [-0.15, -0.1) is 0 Å². The van der Waals surface area contributed by atoms with Gasteiger partial charge in [0.25, 0.3) is 5.91 Å². The molecule has 1 aliphatic heterocycles. The summed E-state index contributed by atoms with van der Waals surface area (Å²) in [6, 6.07) is 3.56. The summed E-state index contributed by atoms with van der Waals surface area (Å²) in [6.07, 6.45) is 8.69. The molecule has 7 heteroatoms. The third kappa shape index (κ3) is 3.24. The van der Waals surface area contributed by atoms with Crippen molar-refractivity contribution in [2.75, 3.05) is 6.54 Å². The number of aromatic nitrogens is 5. The Bertz CT molecular complexity index is 1050. The van der Waals surface area contributed by atoms with Gasteiger partial charge in [0.2, 0.25) is 0 Å². The highest BCUT2D eigenvalue weighted by molar-refractivity contribution is 5.94. The Kier molecular flexibility index (Phi) is 4.45. The van der Waals surface area contributed by atoms with Gasteiger partial charge in [-0.2, -0.15) is 5.10 Å². The van der Waals surface area contributed by atoms with Crippen LogP contribution >= 0.6 is 0 Å². The van der Waals surface area contributed by atoms with E-state index in [4.69, 9.17) is 10.1 Å². The number of hydrogen-bond donors (Lipinski definition) is 0. The molecule has 0 radical (unpaired) electrons. The van der Waals surface area contributed by atoms with Gasteiger partial charge in [0.1, 0.15) is 5.69 Å². The summed E-state index contributed by atoms with van der Waals surface area (Å²) < 4.78 is 4.40. The van der Waals surface area contributed by atoms with E-state index in [0.29, 0.717) is 18.7 Å². The van der Waals surface area contributed by atoms with E-state index in [9.17, 15) is 4.79 Å². The highest BCUT2D eigenvalue weighted by atomic mass is 16.2. The fourth-order valence-electron chi connectivity index (χ4n) is 4.22. The van der Waals surface area contributed by atoms with Crippen molar-refractivity contribution in [3.05, 3.63) is 53.2 Å². The molecule has 3 aromatic rings. The minimum atomic E-state index is 0.0470. The van der Waals surface area contributed by atoms with Crippen molar-refractivity contribution in [2.24, 2.45) is 5.92 Å². The Morgan fingerprint density at radius 1 is 1.24 bits per heavy atom. The van der Waals surface area contributed by atoms with Crippen LogP contribution in [0.1, 0.15) is 47.1 Å². The average molecular weight is 390 g/mol. The van der Waals surface area contributed by atoms with Crippen LogP contribution in [-0.2, 0) is 26.1 Å². The first-order chi connectivity index (χ1) is 14.2. The Balaban J connectivity index is 1.52. The molecule has 2 aliphatic rings. The van der Waals surface area contributed by atoms with E-state index in [1.165, 1.54) is 24.2 Å². The predicted octanol–water partition coefficient (Wildman–Crippen LogP) is 3.08. The third-order valence-corrected chi connectivity index (χ3v) is 6.05. The van der Waals surface area contributed by atoms with Crippen molar-refractivity contribution in [2.45, 2.75) is 52.7 Å². The van der Waals surface area contributed by atoms with Crippen molar-refractivity contribution in [1.82, 2.24) is 29.2 Å². The third-order valence-electron chi connectivity index (χ3n) is 6.05. The standard InChI is InChI=1S/C22H26N6O/c1-3-28-19-8-11-26(22(29)17-6-9-23-10-7-17)14-18(19)20(25-28)21-24-12-15(2)27(21)13-16-4-5-16/h6-7,9-10,12,16H,3-5,8,11,13-14H2,1-2H3. The van der Waals surface area contributed by atoms with Gasteiger partial charge in [-0.1, -0.05) is 0 Å². The molecule has 0 aromatic carbocycles. The molecule has 150 valence electrons. The zero-order chi connectivity index (χ0) is 20.0. The van der Waals surface area contributed by atoms with Gasteiger partial charge in [-0.25, -0.2) is 4.98 Å². The molecule has 5 rings (SSSR count). The molecule has 0 N–H and O–H groups in total. The topological polar surface area (TPSA) is 68.8 Å². The fourth-order valence-corrected chi connectivity index (χ4v) is 4.22. The lowest BCUT2D eigenvalue weighted by Crippen LogP contribution is -2.36. The zero-order valence-electron chi connectivity index (χ0n) is 17.0. The number of fused-ring (bicyclic) bond motifs is 1. The number of imidazole rings is 1. The first-order valence-electron chi connectivity index (χ1n) is 10.5. The summed E-state index contributed by atoms with van der Waals surface area (Å²) in [4.78, 5) is 23.7. The van der Waals surface area contributed by atoms with Crippen LogP contribution in [0.15, 0.2) is 30.7 Å². The van der Waals surface area contributed by atoms with E-state index in [-0.39, 0.29) is 5.91 Å². The van der Waals surface area contributed by atoms with Gasteiger partial charge >= 0.3 is 0 Å². The molecule has 0 bridgehead atoms. The Morgan fingerprint density at radius 3 is 2.76 bits per heavy atom. The first-order valence-corrected chi connectivity index (χ1v) is 10.5. The van der Waals surface area contributed by atoms with E-state index in [2.05, 4.69) is 28.1 Å². The molecule has 0 unspecified atom stereocenters. The van der Waals surface area contributed by atoms with Gasteiger partial charge < -0.3 is 9.47 Å². The summed E-state index contributed by atoms with van der Waals surface area (Å²) in [7, 11) is 0. The average Bonchev–Trinajstić information content (AvgIpc) is 3.41. The lowest BCUT2D eigenvalue weighted by Gasteiger charge is -2.28. The monoisotopic (exact) mass is 390 g/mol. The maximum Gasteiger partial charge on any atom is 0.254 e. The Morgan fingerprint density at radius 2 is 2.03 bits per heavy atom. The second-order valence-corrected chi connectivity index (χ2v) is 8.08. The van der Waals surface area contributed by atoms with Gasteiger partial charge in [-0.3, -0.25) is 14.5 Å². The Labute approximate surface area is 170 Å². The second kappa shape index (κ2) is 7.13. The van der Waals surface area contributed by atoms with Gasteiger partial charge in [0.05, 0.1) is 6.54 Å². The van der Waals surface area contributed by atoms with Gasteiger partial charge in [-0.05, 0) is 44.7 Å². The van der Waals surface area contributed by atoms with Crippen LogP contribution < -0.4 is 0 Å². The van der Waals surface area contributed by atoms with Crippen molar-refractivity contribution >= 4 is 5.91 Å². The fraction of sp³-hybridized carbons (Fsp3) is 0.455. The molecule has 0 atom stereocenters. The van der Waals surface area contributed by atoms with Crippen molar-refractivity contribution in [3.8, 4) is 11.5 Å². The van der Waals surface area contributed by atoms with Gasteiger partial charge in [0, 0.05) is 67.2 Å². The number of amides is 1. The first kappa shape index (κ1) is 18.1. The molecule has 0 saturated heterocycles. The lowest BCUT2D eigenvalue weighted by molar-refractivity contribution is 0.0733. The number of hydrogen-bond acceptors (Lipinski definition) is 4. The van der Waals surface area contributed by atoms with Crippen LogP contribution in [-0.4, -0.2) is 41.7 Å². The lowest BCUT2D eigenvalue weighted by atomic mass is 10.0. The molecule has 3 aromatic heterocycles. The molecule has 4 heterocycles. The summed E-state index contributed by atoms with van der Waals surface area (Å²) in [5.41, 5.74) is 5.16. The highest BCUT2D eigenvalue weighted by Gasteiger charge is 2.31. The normalized spacial score (nSPS) is 16.1. The van der Waals surface area contributed by atoms with Crippen molar-refractivity contribution in [3.63, 3.8) is 0 Å². The number of rotatable bonds is 5. The molecule has 29 heavy (non-hydrogen) atoms.